The van der Waals surface area contributed by atoms with Crippen LogP contribution in [0.25, 0.3) is 0 Å². The van der Waals surface area contributed by atoms with Crippen molar-refractivity contribution in [2.45, 2.75) is 6.92 Å². The van der Waals surface area contributed by atoms with Crippen LogP contribution in [0, 0.1) is 6.92 Å². The summed E-state index contributed by atoms with van der Waals surface area (Å²) in [5.41, 5.74) is 0.970. The molecule has 0 aliphatic rings. The molecule has 0 aliphatic carbocycles. The highest BCUT2D eigenvalue weighted by atomic mass is 16.5. The SMILES string of the molecule is Cc1ccc(Oc2ccc(C(=O)O)c(O)c2)cc1. The zero-order chi connectivity index (χ0) is 13.1. The highest BCUT2D eigenvalue weighted by molar-refractivity contribution is 5.90. The summed E-state index contributed by atoms with van der Waals surface area (Å²) in [6, 6.07) is 11.5. The summed E-state index contributed by atoms with van der Waals surface area (Å²) in [7, 11) is 0. The maximum absolute atomic E-state index is 10.7. The Hall–Kier alpha value is -2.49. The number of phenols is 1. The third kappa shape index (κ3) is 2.60. The largest absolute Gasteiger partial charge is 0.507 e. The molecule has 0 saturated heterocycles. The molecule has 0 aromatic heterocycles. The van der Waals surface area contributed by atoms with Gasteiger partial charge in [0.15, 0.2) is 0 Å². The first-order valence-electron chi connectivity index (χ1n) is 5.37. The van der Waals surface area contributed by atoms with E-state index in [1.807, 2.05) is 19.1 Å². The number of carboxylic acid groups (broad SMARTS) is 1. The van der Waals surface area contributed by atoms with Gasteiger partial charge in [0.05, 0.1) is 0 Å². The summed E-state index contributed by atoms with van der Waals surface area (Å²) >= 11 is 0. The van der Waals surface area contributed by atoms with E-state index >= 15 is 0 Å². The molecule has 0 atom stereocenters. The zero-order valence-electron chi connectivity index (χ0n) is 9.75. The second-order valence-electron chi connectivity index (χ2n) is 3.90. The first-order chi connectivity index (χ1) is 8.56. The van der Waals surface area contributed by atoms with Gasteiger partial charge in [0.2, 0.25) is 0 Å². The van der Waals surface area contributed by atoms with Crippen molar-refractivity contribution in [2.75, 3.05) is 0 Å². The van der Waals surface area contributed by atoms with Crippen molar-refractivity contribution in [3.63, 3.8) is 0 Å². The van der Waals surface area contributed by atoms with E-state index < -0.39 is 5.97 Å². The van der Waals surface area contributed by atoms with Crippen LogP contribution in [-0.4, -0.2) is 16.2 Å². The van der Waals surface area contributed by atoms with Crippen LogP contribution < -0.4 is 4.74 Å². The topological polar surface area (TPSA) is 66.8 Å². The van der Waals surface area contributed by atoms with Gasteiger partial charge in [0, 0.05) is 6.07 Å². The third-order valence-corrected chi connectivity index (χ3v) is 2.46. The predicted octanol–water partition coefficient (Wildman–Crippen LogP) is 3.19. The molecular weight excluding hydrogens is 232 g/mol. The van der Waals surface area contributed by atoms with Crippen molar-refractivity contribution in [1.29, 1.82) is 0 Å². The van der Waals surface area contributed by atoms with Crippen molar-refractivity contribution in [3.8, 4) is 17.2 Å². The van der Waals surface area contributed by atoms with Gasteiger partial charge in [-0.05, 0) is 31.2 Å². The summed E-state index contributed by atoms with van der Waals surface area (Å²) in [5, 5.41) is 18.3. The number of benzene rings is 2. The summed E-state index contributed by atoms with van der Waals surface area (Å²) in [6.07, 6.45) is 0. The lowest BCUT2D eigenvalue weighted by molar-refractivity contribution is 0.0693. The number of hydrogen-bond donors (Lipinski definition) is 2. The number of carboxylic acids is 1. The molecule has 0 radical (unpaired) electrons. The number of aromatic carboxylic acids is 1. The predicted molar refractivity (Wildman–Crippen MR) is 66.3 cm³/mol. The monoisotopic (exact) mass is 244 g/mol. The van der Waals surface area contributed by atoms with E-state index in [1.165, 1.54) is 18.2 Å². The Kier molecular flexibility index (Phi) is 3.19. The molecule has 92 valence electrons. The fourth-order valence-electron chi connectivity index (χ4n) is 1.50. The van der Waals surface area contributed by atoms with Crippen molar-refractivity contribution < 1.29 is 19.7 Å². The smallest absolute Gasteiger partial charge is 0.339 e. The highest BCUT2D eigenvalue weighted by Crippen LogP contribution is 2.27. The Morgan fingerprint density at radius 2 is 1.67 bits per heavy atom. The Morgan fingerprint density at radius 1 is 1.06 bits per heavy atom. The number of aryl methyl sites for hydroxylation is 1. The number of carbonyl (C=O) groups is 1. The first kappa shape index (κ1) is 12.0. The molecule has 4 heteroatoms. The molecule has 0 spiro atoms. The Balaban J connectivity index is 2.22. The van der Waals surface area contributed by atoms with Gasteiger partial charge < -0.3 is 14.9 Å². The molecule has 0 amide bonds. The highest BCUT2D eigenvalue weighted by Gasteiger charge is 2.10. The Labute approximate surface area is 104 Å². The molecule has 0 fully saturated rings. The fraction of sp³-hybridized carbons (Fsp3) is 0.0714. The van der Waals surface area contributed by atoms with Gasteiger partial charge in [-0.15, -0.1) is 0 Å². The molecule has 0 unspecified atom stereocenters. The number of hydrogen-bond acceptors (Lipinski definition) is 3. The van der Waals surface area contributed by atoms with Gasteiger partial charge in [0.1, 0.15) is 22.8 Å². The Morgan fingerprint density at radius 3 is 2.22 bits per heavy atom. The third-order valence-electron chi connectivity index (χ3n) is 2.46. The van der Waals surface area contributed by atoms with Crippen LogP contribution in [0.4, 0.5) is 0 Å². The van der Waals surface area contributed by atoms with Crippen LogP contribution >= 0.6 is 0 Å². The van der Waals surface area contributed by atoms with E-state index in [9.17, 15) is 9.90 Å². The lowest BCUT2D eigenvalue weighted by Crippen LogP contribution is -1.96. The summed E-state index contributed by atoms with van der Waals surface area (Å²) in [6.45, 7) is 1.97. The molecule has 2 aromatic rings. The quantitative estimate of drug-likeness (QED) is 0.870. The molecule has 2 aromatic carbocycles. The van der Waals surface area contributed by atoms with E-state index in [1.54, 1.807) is 12.1 Å². The minimum atomic E-state index is -1.17. The van der Waals surface area contributed by atoms with Crippen molar-refractivity contribution in [3.05, 3.63) is 53.6 Å². The lowest BCUT2D eigenvalue weighted by Gasteiger charge is -2.07. The molecule has 0 heterocycles. The van der Waals surface area contributed by atoms with Crippen LogP contribution in [-0.2, 0) is 0 Å². The normalized spacial score (nSPS) is 10.1. The van der Waals surface area contributed by atoms with E-state index in [0.717, 1.165) is 5.56 Å². The maximum Gasteiger partial charge on any atom is 0.339 e. The average molecular weight is 244 g/mol. The first-order valence-corrected chi connectivity index (χ1v) is 5.37. The molecule has 2 rings (SSSR count). The van der Waals surface area contributed by atoms with Crippen LogP contribution in [0.5, 0.6) is 17.2 Å². The molecule has 0 aliphatic heterocycles. The van der Waals surface area contributed by atoms with Gasteiger partial charge in [-0.3, -0.25) is 0 Å². The fourth-order valence-corrected chi connectivity index (χ4v) is 1.50. The standard InChI is InChI=1S/C14H12O4/c1-9-2-4-10(5-3-9)18-11-6-7-12(14(16)17)13(15)8-11/h2-8,15H,1H3,(H,16,17). The zero-order valence-corrected chi connectivity index (χ0v) is 9.75. The second-order valence-corrected chi connectivity index (χ2v) is 3.90. The van der Waals surface area contributed by atoms with Gasteiger partial charge in [-0.25, -0.2) is 4.79 Å². The minimum absolute atomic E-state index is 0.147. The van der Waals surface area contributed by atoms with Gasteiger partial charge in [0.25, 0.3) is 0 Å². The maximum atomic E-state index is 10.7. The number of aromatic hydroxyl groups is 1. The number of rotatable bonds is 3. The summed E-state index contributed by atoms with van der Waals surface area (Å²) in [4.78, 5) is 10.7. The van der Waals surface area contributed by atoms with Crippen molar-refractivity contribution in [1.82, 2.24) is 0 Å². The molecule has 0 bridgehead atoms. The molecule has 4 nitrogen and oxygen atoms in total. The van der Waals surface area contributed by atoms with E-state index in [4.69, 9.17) is 9.84 Å². The molecule has 2 N–H and O–H groups in total. The van der Waals surface area contributed by atoms with Crippen molar-refractivity contribution in [2.24, 2.45) is 0 Å². The van der Waals surface area contributed by atoms with Crippen LogP contribution in [0.3, 0.4) is 0 Å². The lowest BCUT2D eigenvalue weighted by atomic mass is 10.2. The molecular formula is C14H12O4. The van der Waals surface area contributed by atoms with E-state index in [-0.39, 0.29) is 11.3 Å². The van der Waals surface area contributed by atoms with Gasteiger partial charge >= 0.3 is 5.97 Å². The summed E-state index contributed by atoms with van der Waals surface area (Å²) < 4.78 is 5.50. The average Bonchev–Trinajstić information content (AvgIpc) is 2.32. The van der Waals surface area contributed by atoms with Crippen LogP contribution in [0.1, 0.15) is 15.9 Å². The van der Waals surface area contributed by atoms with E-state index in [0.29, 0.717) is 11.5 Å². The van der Waals surface area contributed by atoms with Gasteiger partial charge in [-0.1, -0.05) is 17.7 Å². The van der Waals surface area contributed by atoms with Crippen molar-refractivity contribution >= 4 is 5.97 Å². The number of ether oxygens (including phenoxy) is 1. The van der Waals surface area contributed by atoms with E-state index in [2.05, 4.69) is 0 Å². The van der Waals surface area contributed by atoms with Crippen LogP contribution in [0.15, 0.2) is 42.5 Å². The van der Waals surface area contributed by atoms with Crippen LogP contribution in [0.2, 0.25) is 0 Å². The Bertz CT molecular complexity index is 573. The second kappa shape index (κ2) is 4.79. The summed E-state index contributed by atoms with van der Waals surface area (Å²) in [5.74, 6) is -0.467. The molecule has 0 saturated carbocycles. The molecule has 18 heavy (non-hydrogen) atoms. The minimum Gasteiger partial charge on any atom is -0.507 e. The van der Waals surface area contributed by atoms with Gasteiger partial charge in [-0.2, -0.15) is 0 Å².